The van der Waals surface area contributed by atoms with E-state index >= 15 is 0 Å². The number of benzene rings is 1. The molecule has 0 aliphatic rings. The molecule has 24 heavy (non-hydrogen) atoms. The van der Waals surface area contributed by atoms with Crippen LogP contribution >= 0.6 is 11.3 Å². The second-order valence-corrected chi connectivity index (χ2v) is 6.60. The molecule has 0 aliphatic heterocycles. The molecule has 1 aromatic heterocycles. The van der Waals surface area contributed by atoms with Gasteiger partial charge in [-0.2, -0.15) is 0 Å². The largest absolute Gasteiger partial charge is 0.448 e. The van der Waals surface area contributed by atoms with Crippen molar-refractivity contribution in [3.8, 4) is 0 Å². The van der Waals surface area contributed by atoms with Crippen molar-refractivity contribution in [3.05, 3.63) is 57.0 Å². The maximum atomic E-state index is 12.8. The van der Waals surface area contributed by atoms with Crippen molar-refractivity contribution in [1.29, 1.82) is 0 Å². The summed E-state index contributed by atoms with van der Waals surface area (Å²) < 4.78 is 18.0. The third-order valence-electron chi connectivity index (χ3n) is 3.58. The summed E-state index contributed by atoms with van der Waals surface area (Å²) in [5.74, 6) is -1.21. The summed E-state index contributed by atoms with van der Waals surface area (Å²) in [4.78, 5) is 25.8. The molecule has 1 heterocycles. The van der Waals surface area contributed by atoms with E-state index < -0.39 is 18.0 Å². The molecule has 1 aromatic carbocycles. The number of nitrogens with one attached hydrogen (secondary N) is 1. The van der Waals surface area contributed by atoms with Crippen LogP contribution in [0.1, 0.15) is 39.5 Å². The Morgan fingerprint density at radius 2 is 1.96 bits per heavy atom. The second kappa shape index (κ2) is 8.06. The van der Waals surface area contributed by atoms with E-state index in [1.165, 1.54) is 30.4 Å². The standard InChI is InChI=1S/C18H20FNO3S/c1-4-15-11(2)9-16(24-15)18(22)23-12(3)17(21)20-10-13-5-7-14(19)8-6-13/h5-9,12H,4,10H2,1-3H3,(H,20,21)/t12-/m1/s1. The average Bonchev–Trinajstić information content (AvgIpc) is 2.95. The Hall–Kier alpha value is -2.21. The van der Waals surface area contributed by atoms with Gasteiger partial charge in [-0.1, -0.05) is 19.1 Å². The van der Waals surface area contributed by atoms with Crippen molar-refractivity contribution in [2.75, 3.05) is 0 Å². The van der Waals surface area contributed by atoms with Crippen LogP contribution in [0, 0.1) is 12.7 Å². The fraction of sp³-hybridized carbons (Fsp3) is 0.333. The van der Waals surface area contributed by atoms with E-state index in [9.17, 15) is 14.0 Å². The van der Waals surface area contributed by atoms with Crippen LogP contribution in [0.3, 0.4) is 0 Å². The van der Waals surface area contributed by atoms with Gasteiger partial charge in [0.25, 0.3) is 5.91 Å². The van der Waals surface area contributed by atoms with E-state index in [1.807, 2.05) is 13.8 Å². The lowest BCUT2D eigenvalue weighted by atomic mass is 10.2. The minimum absolute atomic E-state index is 0.249. The predicted molar refractivity (Wildman–Crippen MR) is 91.6 cm³/mol. The smallest absolute Gasteiger partial charge is 0.349 e. The minimum Gasteiger partial charge on any atom is -0.448 e. The molecule has 6 heteroatoms. The molecular formula is C18H20FNO3S. The summed E-state index contributed by atoms with van der Waals surface area (Å²) in [6.07, 6.45) is -0.0391. The SMILES string of the molecule is CCc1sc(C(=O)O[C@H](C)C(=O)NCc2ccc(F)cc2)cc1C. The van der Waals surface area contributed by atoms with E-state index in [2.05, 4.69) is 5.32 Å². The van der Waals surface area contributed by atoms with Gasteiger partial charge in [0.1, 0.15) is 10.7 Å². The third-order valence-corrected chi connectivity index (χ3v) is 4.94. The van der Waals surface area contributed by atoms with Gasteiger partial charge in [0, 0.05) is 11.4 Å². The molecular weight excluding hydrogens is 329 g/mol. The Morgan fingerprint density at radius 3 is 2.54 bits per heavy atom. The molecule has 1 N–H and O–H groups in total. The highest BCUT2D eigenvalue weighted by atomic mass is 32.1. The fourth-order valence-electron chi connectivity index (χ4n) is 2.18. The number of ether oxygens (including phenoxy) is 1. The van der Waals surface area contributed by atoms with Crippen molar-refractivity contribution >= 4 is 23.2 Å². The van der Waals surface area contributed by atoms with Gasteiger partial charge >= 0.3 is 5.97 Å². The fourth-order valence-corrected chi connectivity index (χ4v) is 3.18. The van der Waals surface area contributed by atoms with Crippen LogP contribution in [0.4, 0.5) is 4.39 Å². The molecule has 4 nitrogen and oxygen atoms in total. The Morgan fingerprint density at radius 1 is 1.29 bits per heavy atom. The van der Waals surface area contributed by atoms with E-state index in [0.717, 1.165) is 22.4 Å². The van der Waals surface area contributed by atoms with Crippen LogP contribution < -0.4 is 5.32 Å². The molecule has 2 rings (SSSR count). The first kappa shape index (κ1) is 18.1. The lowest BCUT2D eigenvalue weighted by molar-refractivity contribution is -0.129. The molecule has 2 aromatic rings. The normalized spacial score (nSPS) is 11.8. The minimum atomic E-state index is -0.898. The summed E-state index contributed by atoms with van der Waals surface area (Å²) in [7, 11) is 0. The number of esters is 1. The number of aryl methyl sites for hydroxylation is 2. The van der Waals surface area contributed by atoms with Crippen molar-refractivity contribution in [2.45, 2.75) is 39.8 Å². The molecule has 0 saturated carbocycles. The number of carbonyl (C=O) groups excluding carboxylic acids is 2. The first-order valence-electron chi connectivity index (χ1n) is 7.73. The van der Waals surface area contributed by atoms with E-state index in [-0.39, 0.29) is 12.4 Å². The Kier molecular flexibility index (Phi) is 6.09. The topological polar surface area (TPSA) is 55.4 Å². The zero-order chi connectivity index (χ0) is 17.7. The van der Waals surface area contributed by atoms with Gasteiger partial charge in [-0.05, 0) is 49.6 Å². The predicted octanol–water partition coefficient (Wildman–Crippen LogP) is 3.62. The quantitative estimate of drug-likeness (QED) is 0.811. The molecule has 0 unspecified atom stereocenters. The van der Waals surface area contributed by atoms with E-state index in [4.69, 9.17) is 4.74 Å². The molecule has 0 spiro atoms. The second-order valence-electron chi connectivity index (χ2n) is 5.46. The Bertz CT molecular complexity index is 724. The zero-order valence-corrected chi connectivity index (χ0v) is 14.7. The summed E-state index contributed by atoms with van der Waals surface area (Å²) >= 11 is 1.39. The lowest BCUT2D eigenvalue weighted by Gasteiger charge is -2.13. The maximum absolute atomic E-state index is 12.8. The number of rotatable bonds is 6. The molecule has 0 bridgehead atoms. The van der Waals surface area contributed by atoms with Crippen LogP contribution in [-0.2, 0) is 22.5 Å². The average molecular weight is 349 g/mol. The van der Waals surface area contributed by atoms with E-state index in [0.29, 0.717) is 4.88 Å². The number of thiophene rings is 1. The van der Waals surface area contributed by atoms with Crippen LogP contribution in [0.25, 0.3) is 0 Å². The molecule has 128 valence electrons. The zero-order valence-electron chi connectivity index (χ0n) is 13.9. The number of halogens is 1. The van der Waals surface area contributed by atoms with Crippen LogP contribution in [0.2, 0.25) is 0 Å². The van der Waals surface area contributed by atoms with Crippen molar-refractivity contribution in [3.63, 3.8) is 0 Å². The third kappa shape index (κ3) is 4.64. The van der Waals surface area contributed by atoms with Crippen molar-refractivity contribution in [1.82, 2.24) is 5.32 Å². The van der Waals surface area contributed by atoms with Crippen LogP contribution in [0.5, 0.6) is 0 Å². The number of hydrogen-bond acceptors (Lipinski definition) is 4. The molecule has 0 fully saturated rings. The highest BCUT2D eigenvalue weighted by Gasteiger charge is 2.20. The van der Waals surface area contributed by atoms with Crippen LogP contribution in [-0.4, -0.2) is 18.0 Å². The number of carbonyl (C=O) groups is 2. The van der Waals surface area contributed by atoms with Gasteiger partial charge in [0.2, 0.25) is 0 Å². The summed E-state index contributed by atoms with van der Waals surface area (Å²) in [6.45, 7) is 5.75. The van der Waals surface area contributed by atoms with Gasteiger partial charge in [-0.3, -0.25) is 4.79 Å². The van der Waals surface area contributed by atoms with Gasteiger partial charge < -0.3 is 10.1 Å². The number of hydrogen-bond donors (Lipinski definition) is 1. The molecule has 0 saturated heterocycles. The molecule has 0 aliphatic carbocycles. The van der Waals surface area contributed by atoms with Gasteiger partial charge in [0.05, 0.1) is 0 Å². The van der Waals surface area contributed by atoms with Crippen molar-refractivity contribution in [2.24, 2.45) is 0 Å². The molecule has 0 radical (unpaired) electrons. The monoisotopic (exact) mass is 349 g/mol. The highest BCUT2D eigenvalue weighted by Crippen LogP contribution is 2.23. The van der Waals surface area contributed by atoms with Gasteiger partial charge in [0.15, 0.2) is 6.10 Å². The van der Waals surface area contributed by atoms with Gasteiger partial charge in [-0.15, -0.1) is 11.3 Å². The summed E-state index contributed by atoms with van der Waals surface area (Å²) in [5, 5.41) is 2.67. The van der Waals surface area contributed by atoms with Crippen LogP contribution in [0.15, 0.2) is 30.3 Å². The maximum Gasteiger partial charge on any atom is 0.349 e. The Labute approximate surface area is 144 Å². The summed E-state index contributed by atoms with van der Waals surface area (Å²) in [6, 6.07) is 7.62. The first-order chi connectivity index (χ1) is 11.4. The van der Waals surface area contributed by atoms with Gasteiger partial charge in [-0.25, -0.2) is 9.18 Å². The highest BCUT2D eigenvalue weighted by molar-refractivity contribution is 7.14. The number of amides is 1. The van der Waals surface area contributed by atoms with Crippen molar-refractivity contribution < 1.29 is 18.7 Å². The Balaban J connectivity index is 1.88. The summed E-state index contributed by atoms with van der Waals surface area (Å²) in [5.41, 5.74) is 1.83. The molecule has 1 atom stereocenters. The van der Waals surface area contributed by atoms with E-state index in [1.54, 1.807) is 18.2 Å². The first-order valence-corrected chi connectivity index (χ1v) is 8.54. The lowest BCUT2D eigenvalue weighted by Crippen LogP contribution is -2.35. The molecule has 1 amide bonds.